The Bertz CT molecular complexity index is 2920. The van der Waals surface area contributed by atoms with Crippen LogP contribution in [0.4, 0.5) is 21.9 Å². The van der Waals surface area contributed by atoms with Crippen molar-refractivity contribution in [1.82, 2.24) is 10.2 Å². The number of nitrogens with one attached hydrogen (secondary N) is 2. The molecule has 1 spiro atoms. The van der Waals surface area contributed by atoms with Crippen molar-refractivity contribution >= 4 is 40.9 Å². The van der Waals surface area contributed by atoms with Crippen molar-refractivity contribution in [2.24, 2.45) is 5.92 Å². The van der Waals surface area contributed by atoms with Gasteiger partial charge < -0.3 is 35.2 Å². The summed E-state index contributed by atoms with van der Waals surface area (Å²) in [5.41, 5.74) is 3.08. The molecule has 13 nitrogen and oxygen atoms in total. The molecule has 6 aromatic carbocycles. The van der Waals surface area contributed by atoms with Gasteiger partial charge in [0.1, 0.15) is 23.3 Å². The SMILES string of the molecule is CC(NC(=O)N1C(=O)C2(c3cc(C#CCCO)ccc31)C(C(=O)Nc1ccc(N3CCOCC3)cc1)C1C(=O)OC(c3ccccc3)C(c3ccccc3)N1C2c1ccc(O)cc1)c1ccccc1. The number of benzene rings is 6. The molecule has 69 heavy (non-hydrogen) atoms. The van der Waals surface area contributed by atoms with E-state index in [0.29, 0.717) is 54.2 Å². The van der Waals surface area contributed by atoms with Crippen molar-refractivity contribution in [2.45, 2.75) is 49.0 Å². The van der Waals surface area contributed by atoms with Crippen LogP contribution in [-0.4, -0.2) is 77.9 Å². The van der Waals surface area contributed by atoms with Crippen molar-refractivity contribution in [1.29, 1.82) is 0 Å². The Labute approximate surface area is 400 Å². The summed E-state index contributed by atoms with van der Waals surface area (Å²) in [6, 6.07) is 42.6. The third-order valence-corrected chi connectivity index (χ3v) is 13.8. The van der Waals surface area contributed by atoms with Crippen LogP contribution in [0.5, 0.6) is 5.75 Å². The van der Waals surface area contributed by atoms with Crippen LogP contribution in [0, 0.1) is 17.8 Å². The Kier molecular flexibility index (Phi) is 12.5. The number of ether oxygens (including phenoxy) is 2. The summed E-state index contributed by atoms with van der Waals surface area (Å²) in [7, 11) is 0. The molecule has 4 aliphatic heterocycles. The Morgan fingerprint density at radius 3 is 2.10 bits per heavy atom. The zero-order valence-corrected chi connectivity index (χ0v) is 37.9. The van der Waals surface area contributed by atoms with Gasteiger partial charge in [-0.05, 0) is 89.3 Å². The number of carbonyl (C=O) groups excluding carboxylic acids is 4. The van der Waals surface area contributed by atoms with E-state index in [2.05, 4.69) is 27.4 Å². The Balaban J connectivity index is 1.22. The number of hydrogen-bond acceptors (Lipinski definition) is 10. The smallest absolute Gasteiger partial charge is 0.329 e. The lowest BCUT2D eigenvalue weighted by Gasteiger charge is -2.46. The van der Waals surface area contributed by atoms with Gasteiger partial charge in [0, 0.05) is 36.4 Å². The topological polar surface area (TPSA) is 161 Å². The van der Waals surface area contributed by atoms with Crippen molar-refractivity contribution in [3.8, 4) is 17.6 Å². The average Bonchev–Trinajstić information content (AvgIpc) is 3.84. The van der Waals surface area contributed by atoms with Gasteiger partial charge in [0.05, 0.1) is 49.6 Å². The van der Waals surface area contributed by atoms with E-state index in [0.717, 1.165) is 21.7 Å². The van der Waals surface area contributed by atoms with Crippen LogP contribution in [0.3, 0.4) is 0 Å². The molecule has 0 saturated carbocycles. The molecule has 13 heteroatoms. The van der Waals surface area contributed by atoms with Crippen LogP contribution >= 0.6 is 0 Å². The number of phenols is 1. The van der Waals surface area contributed by atoms with Crippen molar-refractivity contribution < 1.29 is 38.9 Å². The fraction of sp³-hybridized carbons (Fsp3) is 0.250. The lowest BCUT2D eigenvalue weighted by molar-refractivity contribution is -0.177. The summed E-state index contributed by atoms with van der Waals surface area (Å²) < 4.78 is 12.2. The number of cyclic esters (lactones) is 1. The lowest BCUT2D eigenvalue weighted by Crippen LogP contribution is -2.55. The highest BCUT2D eigenvalue weighted by Crippen LogP contribution is 2.66. The maximum Gasteiger partial charge on any atom is 0.329 e. The van der Waals surface area contributed by atoms with Crippen LogP contribution in [0.1, 0.15) is 71.0 Å². The minimum Gasteiger partial charge on any atom is -0.508 e. The standard InChI is InChI=1S/C56H51N5O8/c1-36(38-14-5-2-6-15-38)57-55(67)60-46-29-20-37(13-11-12-32-62)35-45(46)56(54(60)66)47(52(64)58-42-23-25-43(26-24-42)59-30-33-68-34-31-59)49-53(65)69-50(40-18-9-4-10-19-40)48(39-16-7-3-8-17-39)61(49)51(56)41-21-27-44(63)28-22-41/h2-10,14-29,35-36,47-51,62-63H,12,30-34H2,1H3,(H,57,67)(H,58,64). The van der Waals surface area contributed by atoms with Gasteiger partial charge in [-0.3, -0.25) is 19.3 Å². The molecule has 4 heterocycles. The highest BCUT2D eigenvalue weighted by molar-refractivity contribution is 6.25. The number of morpholine rings is 2. The molecule has 0 radical (unpaired) electrons. The maximum atomic E-state index is 16.6. The third-order valence-electron chi connectivity index (χ3n) is 13.8. The number of rotatable bonds is 9. The number of esters is 1. The first-order valence-electron chi connectivity index (χ1n) is 23.2. The molecule has 3 fully saturated rings. The predicted molar refractivity (Wildman–Crippen MR) is 260 cm³/mol. The van der Waals surface area contributed by atoms with E-state index in [1.807, 2.05) is 115 Å². The molecule has 6 aromatic rings. The van der Waals surface area contributed by atoms with Gasteiger partial charge in [0.15, 0.2) is 0 Å². The van der Waals surface area contributed by atoms with Crippen LogP contribution in [0.2, 0.25) is 0 Å². The predicted octanol–water partition coefficient (Wildman–Crippen LogP) is 7.74. The van der Waals surface area contributed by atoms with E-state index < -0.39 is 65.4 Å². The Morgan fingerprint density at radius 1 is 0.783 bits per heavy atom. The normalized spacial score (nSPS) is 23.3. The molecule has 3 saturated heterocycles. The van der Waals surface area contributed by atoms with E-state index in [-0.39, 0.29) is 24.5 Å². The molecule has 4 amide bonds. The Morgan fingerprint density at radius 2 is 1.43 bits per heavy atom. The van der Waals surface area contributed by atoms with Crippen molar-refractivity contribution in [2.75, 3.05) is 48.0 Å². The number of anilines is 3. The lowest BCUT2D eigenvalue weighted by atomic mass is 9.65. The van der Waals surface area contributed by atoms with Crippen LogP contribution in [-0.2, 0) is 29.3 Å². The number of nitrogens with zero attached hydrogens (tertiary/aromatic N) is 3. The highest BCUT2D eigenvalue weighted by atomic mass is 16.6. The van der Waals surface area contributed by atoms with Crippen molar-refractivity contribution in [3.63, 3.8) is 0 Å². The number of imide groups is 1. The molecule has 4 aliphatic rings. The number of aromatic hydroxyl groups is 1. The molecule has 0 bridgehead atoms. The Hall–Kier alpha value is -7.76. The molecule has 7 unspecified atom stereocenters. The summed E-state index contributed by atoms with van der Waals surface area (Å²) in [5, 5.41) is 26.6. The molecule has 7 atom stereocenters. The van der Waals surface area contributed by atoms with Gasteiger partial charge in [-0.25, -0.2) is 9.69 Å². The van der Waals surface area contributed by atoms with E-state index in [9.17, 15) is 10.2 Å². The zero-order chi connectivity index (χ0) is 47.6. The number of urea groups is 1. The molecular formula is C56H51N5O8. The van der Waals surface area contributed by atoms with Gasteiger partial charge in [-0.15, -0.1) is 0 Å². The van der Waals surface area contributed by atoms with Crippen LogP contribution in [0.15, 0.2) is 158 Å². The summed E-state index contributed by atoms with van der Waals surface area (Å²) >= 11 is 0. The van der Waals surface area contributed by atoms with Gasteiger partial charge >= 0.3 is 12.0 Å². The highest BCUT2D eigenvalue weighted by Gasteiger charge is 2.75. The minimum absolute atomic E-state index is 0.0347. The second-order valence-corrected chi connectivity index (χ2v) is 17.7. The molecule has 0 aromatic heterocycles. The summed E-state index contributed by atoms with van der Waals surface area (Å²) in [5.74, 6) is 2.41. The largest absolute Gasteiger partial charge is 0.508 e. The number of carbonyl (C=O) groups is 4. The first-order valence-corrected chi connectivity index (χ1v) is 23.2. The number of hydrogen-bond donors (Lipinski definition) is 4. The van der Waals surface area contributed by atoms with Gasteiger partial charge in [0.25, 0.3) is 0 Å². The molecule has 348 valence electrons. The average molecular weight is 922 g/mol. The van der Waals surface area contributed by atoms with E-state index >= 15 is 19.2 Å². The number of aliphatic hydroxyl groups is 1. The fourth-order valence-corrected chi connectivity index (χ4v) is 10.7. The quantitative estimate of drug-likeness (QED) is 0.0835. The van der Waals surface area contributed by atoms with Gasteiger partial charge in [-0.2, -0.15) is 0 Å². The number of aliphatic hydroxyl groups excluding tert-OH is 1. The van der Waals surface area contributed by atoms with Crippen LogP contribution < -0.4 is 20.4 Å². The van der Waals surface area contributed by atoms with Gasteiger partial charge in [-0.1, -0.05) is 115 Å². The number of amides is 4. The molecule has 0 aliphatic carbocycles. The van der Waals surface area contributed by atoms with Gasteiger partial charge in [0.2, 0.25) is 11.8 Å². The van der Waals surface area contributed by atoms with E-state index in [4.69, 9.17) is 9.47 Å². The summed E-state index contributed by atoms with van der Waals surface area (Å²) in [4.78, 5) is 68.2. The first kappa shape index (κ1) is 45.0. The molecule has 4 N–H and O–H groups in total. The van der Waals surface area contributed by atoms with E-state index in [1.165, 1.54) is 12.1 Å². The molecule has 10 rings (SSSR count). The zero-order valence-electron chi connectivity index (χ0n) is 37.9. The first-order chi connectivity index (χ1) is 33.7. The molecular weight excluding hydrogens is 871 g/mol. The fourth-order valence-electron chi connectivity index (χ4n) is 10.7. The second kappa shape index (κ2) is 19.1. The monoisotopic (exact) mass is 921 g/mol. The maximum absolute atomic E-state index is 16.6. The van der Waals surface area contributed by atoms with Crippen molar-refractivity contribution in [3.05, 3.63) is 191 Å². The second-order valence-electron chi connectivity index (χ2n) is 17.7. The van der Waals surface area contributed by atoms with E-state index in [1.54, 1.807) is 42.5 Å². The third kappa shape index (κ3) is 8.16. The summed E-state index contributed by atoms with van der Waals surface area (Å²) in [6.07, 6.45) is -0.735. The minimum atomic E-state index is -2.03. The summed E-state index contributed by atoms with van der Waals surface area (Å²) in [6.45, 7) is 4.27. The number of fused-ring (bicyclic) bond motifs is 3. The van der Waals surface area contributed by atoms with Crippen LogP contribution in [0.25, 0.3) is 0 Å². The number of phenolic OH excluding ortho intramolecular Hbond substituents is 1.